The van der Waals surface area contributed by atoms with Crippen LogP contribution < -0.4 is 5.73 Å². The van der Waals surface area contributed by atoms with Gasteiger partial charge in [0.05, 0.1) is 0 Å². The molecule has 0 fully saturated rings. The molecule has 0 heterocycles. The van der Waals surface area contributed by atoms with Gasteiger partial charge in [-0.3, -0.25) is 4.79 Å². The highest BCUT2D eigenvalue weighted by atomic mass is 16.4. The van der Waals surface area contributed by atoms with Crippen LogP contribution in [0.15, 0.2) is 47.6 Å². The lowest BCUT2D eigenvalue weighted by Gasteiger charge is -2.32. The number of allylic oxidation sites excluding steroid dienone is 2. The molecule has 1 atom stereocenters. The number of aliphatic carboxylic acids is 2. The topological polar surface area (TPSA) is 101 Å². The molecule has 5 nitrogen and oxygen atoms in total. The molecule has 21 heavy (non-hydrogen) atoms. The van der Waals surface area contributed by atoms with Crippen LogP contribution >= 0.6 is 0 Å². The molecule has 2 rings (SSSR count). The highest BCUT2D eigenvalue weighted by Crippen LogP contribution is 2.39. The highest BCUT2D eigenvalue weighted by Gasteiger charge is 2.43. The summed E-state index contributed by atoms with van der Waals surface area (Å²) in [4.78, 5) is 23.3. The molecule has 1 aliphatic rings. The van der Waals surface area contributed by atoms with Crippen molar-refractivity contribution in [2.75, 3.05) is 0 Å². The van der Waals surface area contributed by atoms with Gasteiger partial charge < -0.3 is 15.9 Å². The number of carboxylic acids is 2. The van der Waals surface area contributed by atoms with Crippen molar-refractivity contribution in [3.05, 3.63) is 58.7 Å². The van der Waals surface area contributed by atoms with Crippen LogP contribution in [0.4, 0.5) is 0 Å². The van der Waals surface area contributed by atoms with Gasteiger partial charge in [-0.1, -0.05) is 36.4 Å². The molecule has 110 valence electrons. The van der Waals surface area contributed by atoms with Crippen molar-refractivity contribution in [1.82, 2.24) is 0 Å². The SMILES string of the molecule is CC1=C(C(=O)O)CC(C(=O)O)(c2ccccc2CN)C=C1. The number of carbonyl (C=O) groups is 2. The van der Waals surface area contributed by atoms with E-state index in [9.17, 15) is 19.8 Å². The summed E-state index contributed by atoms with van der Waals surface area (Å²) in [6.07, 6.45) is 3.04. The maximum absolute atomic E-state index is 11.9. The van der Waals surface area contributed by atoms with Crippen molar-refractivity contribution in [2.45, 2.75) is 25.3 Å². The van der Waals surface area contributed by atoms with E-state index in [1.165, 1.54) is 0 Å². The Labute approximate surface area is 122 Å². The molecule has 0 radical (unpaired) electrons. The van der Waals surface area contributed by atoms with Crippen LogP contribution in [0.5, 0.6) is 0 Å². The number of hydrogen-bond acceptors (Lipinski definition) is 3. The fourth-order valence-electron chi connectivity index (χ4n) is 2.67. The minimum Gasteiger partial charge on any atom is -0.480 e. The number of rotatable bonds is 4. The summed E-state index contributed by atoms with van der Waals surface area (Å²) >= 11 is 0. The Hall–Kier alpha value is -2.40. The maximum Gasteiger partial charge on any atom is 0.331 e. The van der Waals surface area contributed by atoms with Gasteiger partial charge in [-0.15, -0.1) is 0 Å². The van der Waals surface area contributed by atoms with Crippen LogP contribution in [-0.2, 0) is 21.5 Å². The Bertz CT molecular complexity index is 660. The average molecular weight is 287 g/mol. The van der Waals surface area contributed by atoms with Gasteiger partial charge in [0.15, 0.2) is 0 Å². The van der Waals surface area contributed by atoms with Crippen LogP contribution in [0.3, 0.4) is 0 Å². The molecule has 0 amide bonds. The smallest absolute Gasteiger partial charge is 0.331 e. The zero-order valence-electron chi connectivity index (χ0n) is 11.7. The fourth-order valence-corrected chi connectivity index (χ4v) is 2.67. The molecular weight excluding hydrogens is 270 g/mol. The largest absolute Gasteiger partial charge is 0.480 e. The molecule has 0 bridgehead atoms. The van der Waals surface area contributed by atoms with E-state index in [1.807, 2.05) is 0 Å². The van der Waals surface area contributed by atoms with Crippen LogP contribution in [-0.4, -0.2) is 22.2 Å². The van der Waals surface area contributed by atoms with E-state index in [0.717, 1.165) is 0 Å². The highest BCUT2D eigenvalue weighted by molar-refractivity contribution is 5.94. The lowest BCUT2D eigenvalue weighted by molar-refractivity contribution is -0.142. The first-order valence-corrected chi connectivity index (χ1v) is 6.56. The lowest BCUT2D eigenvalue weighted by atomic mass is 9.70. The Morgan fingerprint density at radius 3 is 2.52 bits per heavy atom. The number of nitrogens with two attached hydrogens (primary N) is 1. The van der Waals surface area contributed by atoms with Gasteiger partial charge in [-0.2, -0.15) is 0 Å². The normalized spacial score (nSPS) is 21.4. The minimum atomic E-state index is -1.39. The third-order valence-corrected chi connectivity index (χ3v) is 3.91. The molecule has 0 aromatic heterocycles. The zero-order chi connectivity index (χ0) is 15.6. The quantitative estimate of drug-likeness (QED) is 0.784. The van der Waals surface area contributed by atoms with Gasteiger partial charge in [-0.25, -0.2) is 4.79 Å². The van der Waals surface area contributed by atoms with Crippen molar-refractivity contribution < 1.29 is 19.8 Å². The predicted molar refractivity (Wildman–Crippen MR) is 77.7 cm³/mol. The van der Waals surface area contributed by atoms with E-state index in [4.69, 9.17) is 5.73 Å². The first-order chi connectivity index (χ1) is 9.92. The summed E-state index contributed by atoms with van der Waals surface area (Å²) in [6.45, 7) is 1.87. The summed E-state index contributed by atoms with van der Waals surface area (Å²) in [6, 6.07) is 6.98. The van der Waals surface area contributed by atoms with Crippen LogP contribution in [0.2, 0.25) is 0 Å². The van der Waals surface area contributed by atoms with Crippen molar-refractivity contribution >= 4 is 11.9 Å². The third-order valence-electron chi connectivity index (χ3n) is 3.91. The third kappa shape index (κ3) is 2.48. The van der Waals surface area contributed by atoms with E-state index in [2.05, 4.69) is 0 Å². The van der Waals surface area contributed by atoms with Gasteiger partial charge in [0.1, 0.15) is 5.41 Å². The predicted octanol–water partition coefficient (Wildman–Crippen LogP) is 1.83. The van der Waals surface area contributed by atoms with Crippen LogP contribution in [0.1, 0.15) is 24.5 Å². The second-order valence-corrected chi connectivity index (χ2v) is 5.11. The zero-order valence-corrected chi connectivity index (χ0v) is 11.7. The molecular formula is C16H17NO4. The first-order valence-electron chi connectivity index (χ1n) is 6.56. The summed E-state index contributed by atoms with van der Waals surface area (Å²) in [5, 5.41) is 19.0. The van der Waals surface area contributed by atoms with Gasteiger partial charge in [-0.05, 0) is 23.6 Å². The average Bonchev–Trinajstić information content (AvgIpc) is 2.47. The molecule has 1 unspecified atom stereocenters. The Morgan fingerprint density at radius 1 is 1.29 bits per heavy atom. The standard InChI is InChI=1S/C16H17NO4/c1-10-6-7-16(15(20)21,8-12(10)14(18)19)13-5-3-2-4-11(13)9-17/h2-7H,8-9,17H2,1H3,(H,18,19)(H,20,21). The Morgan fingerprint density at radius 2 is 1.95 bits per heavy atom. The maximum atomic E-state index is 11.9. The second kappa shape index (κ2) is 5.54. The van der Waals surface area contributed by atoms with Crippen LogP contribution in [0.25, 0.3) is 0 Å². The molecule has 1 aromatic carbocycles. The second-order valence-electron chi connectivity index (χ2n) is 5.11. The molecule has 0 aliphatic heterocycles. The molecule has 4 N–H and O–H groups in total. The summed E-state index contributed by atoms with van der Waals surface area (Å²) < 4.78 is 0. The molecule has 5 heteroatoms. The summed E-state index contributed by atoms with van der Waals surface area (Å²) in [5.74, 6) is -2.17. The van der Waals surface area contributed by atoms with E-state index in [0.29, 0.717) is 16.7 Å². The van der Waals surface area contributed by atoms with Gasteiger partial charge in [0.25, 0.3) is 0 Å². The van der Waals surface area contributed by atoms with Gasteiger partial charge >= 0.3 is 11.9 Å². The molecule has 1 aliphatic carbocycles. The van der Waals surface area contributed by atoms with Gasteiger partial charge in [0, 0.05) is 18.5 Å². The molecule has 0 saturated heterocycles. The van der Waals surface area contributed by atoms with Crippen molar-refractivity contribution in [3.8, 4) is 0 Å². The summed E-state index contributed by atoms with van der Waals surface area (Å²) in [7, 11) is 0. The Kier molecular flexibility index (Phi) is 3.95. The van der Waals surface area contributed by atoms with E-state index >= 15 is 0 Å². The van der Waals surface area contributed by atoms with Crippen molar-refractivity contribution in [3.63, 3.8) is 0 Å². The van der Waals surface area contributed by atoms with E-state index < -0.39 is 17.4 Å². The monoisotopic (exact) mass is 287 g/mol. The van der Waals surface area contributed by atoms with E-state index in [1.54, 1.807) is 43.3 Å². The molecule has 0 spiro atoms. The van der Waals surface area contributed by atoms with Gasteiger partial charge in [0.2, 0.25) is 0 Å². The van der Waals surface area contributed by atoms with E-state index in [-0.39, 0.29) is 18.5 Å². The first kappa shape index (κ1) is 15.0. The molecule has 0 saturated carbocycles. The molecule has 1 aromatic rings. The lowest BCUT2D eigenvalue weighted by Crippen LogP contribution is -2.38. The summed E-state index contributed by atoms with van der Waals surface area (Å²) in [5.41, 5.74) is 6.24. The van der Waals surface area contributed by atoms with Crippen LogP contribution in [0, 0.1) is 0 Å². The Balaban J connectivity index is 2.63. The van der Waals surface area contributed by atoms with Crippen molar-refractivity contribution in [2.24, 2.45) is 5.73 Å². The number of carboxylic acid groups (broad SMARTS) is 2. The number of hydrogen-bond donors (Lipinski definition) is 3. The van der Waals surface area contributed by atoms with Crippen molar-refractivity contribution in [1.29, 1.82) is 0 Å². The number of benzene rings is 1. The minimum absolute atomic E-state index is 0.0863. The fraction of sp³-hybridized carbons (Fsp3) is 0.250.